The maximum atomic E-state index is 12.7. The summed E-state index contributed by atoms with van der Waals surface area (Å²) in [7, 11) is 0. The molecule has 4 nitrogen and oxygen atoms in total. The summed E-state index contributed by atoms with van der Waals surface area (Å²) in [6.45, 7) is 5.43. The lowest BCUT2D eigenvalue weighted by atomic mass is 9.74. The summed E-state index contributed by atoms with van der Waals surface area (Å²) in [5, 5.41) is 0. The first-order valence-electron chi connectivity index (χ1n) is 6.03. The van der Waals surface area contributed by atoms with Crippen LogP contribution in [0.3, 0.4) is 0 Å². The zero-order valence-corrected chi connectivity index (χ0v) is 11.5. The molecule has 0 fully saturated rings. The van der Waals surface area contributed by atoms with Crippen LogP contribution in [0.4, 0.5) is 13.2 Å². The number of esters is 2. The third-order valence-corrected chi connectivity index (χ3v) is 2.74. The first-order valence-corrected chi connectivity index (χ1v) is 6.03. The van der Waals surface area contributed by atoms with Gasteiger partial charge in [-0.2, -0.15) is 13.2 Å². The summed E-state index contributed by atoms with van der Waals surface area (Å²) in [5.74, 6) is -3.28. The third-order valence-electron chi connectivity index (χ3n) is 2.74. The Balaban J connectivity index is 5.60. The van der Waals surface area contributed by atoms with E-state index in [4.69, 9.17) is 0 Å². The molecular formula is C12H19F3O4. The first-order chi connectivity index (χ1) is 8.61. The van der Waals surface area contributed by atoms with Crippen molar-refractivity contribution < 1.29 is 32.2 Å². The second-order valence-corrected chi connectivity index (χ2v) is 4.36. The molecule has 0 atom stereocenters. The van der Waals surface area contributed by atoms with Crippen molar-refractivity contribution in [3.63, 3.8) is 0 Å². The van der Waals surface area contributed by atoms with Gasteiger partial charge >= 0.3 is 18.1 Å². The zero-order valence-electron chi connectivity index (χ0n) is 11.5. The van der Waals surface area contributed by atoms with Gasteiger partial charge in [0.25, 0.3) is 0 Å². The lowest BCUT2D eigenvalue weighted by molar-refractivity contribution is -0.201. The van der Waals surface area contributed by atoms with Crippen molar-refractivity contribution in [2.45, 2.75) is 40.3 Å². The molecule has 0 bridgehead atoms. The molecule has 112 valence electrons. The van der Waals surface area contributed by atoms with Gasteiger partial charge in [0.2, 0.25) is 0 Å². The summed E-state index contributed by atoms with van der Waals surface area (Å²) in [4.78, 5) is 23.8. The van der Waals surface area contributed by atoms with Crippen LogP contribution in [0.2, 0.25) is 0 Å². The fraction of sp³-hybridized carbons (Fsp3) is 0.833. The van der Waals surface area contributed by atoms with E-state index in [1.807, 2.05) is 0 Å². The third kappa shape index (κ3) is 4.40. The fourth-order valence-corrected chi connectivity index (χ4v) is 1.74. The highest BCUT2D eigenvalue weighted by Crippen LogP contribution is 2.41. The lowest BCUT2D eigenvalue weighted by Crippen LogP contribution is -2.49. The smallest absolute Gasteiger partial charge is 0.390 e. The molecule has 0 radical (unpaired) electrons. The molecule has 0 rings (SSSR count). The van der Waals surface area contributed by atoms with E-state index in [0.717, 1.165) is 0 Å². The van der Waals surface area contributed by atoms with Crippen molar-refractivity contribution in [2.24, 2.45) is 11.3 Å². The van der Waals surface area contributed by atoms with Gasteiger partial charge in [-0.1, -0.05) is 13.8 Å². The molecule has 0 spiro atoms. The maximum Gasteiger partial charge on any atom is 0.390 e. The standard InChI is InChI=1S/C12H19F3O4/c1-5-18-9(16)11(8(3)4,7-12(13,14)15)10(17)19-6-2/h8H,5-7H2,1-4H3. The fourth-order valence-electron chi connectivity index (χ4n) is 1.74. The highest BCUT2D eigenvalue weighted by molar-refractivity contribution is 6.00. The van der Waals surface area contributed by atoms with E-state index in [1.54, 1.807) is 0 Å². The Morgan fingerprint density at radius 3 is 1.58 bits per heavy atom. The van der Waals surface area contributed by atoms with Gasteiger partial charge < -0.3 is 9.47 Å². The summed E-state index contributed by atoms with van der Waals surface area (Å²) in [5.41, 5.74) is -2.34. The number of halogens is 3. The van der Waals surface area contributed by atoms with E-state index >= 15 is 0 Å². The Kier molecular flexibility index (Phi) is 6.32. The van der Waals surface area contributed by atoms with Gasteiger partial charge in [-0.3, -0.25) is 9.59 Å². The molecule has 0 amide bonds. The van der Waals surface area contributed by atoms with E-state index in [-0.39, 0.29) is 13.2 Å². The number of carbonyl (C=O) groups excluding carboxylic acids is 2. The molecular weight excluding hydrogens is 265 g/mol. The van der Waals surface area contributed by atoms with Gasteiger partial charge in [0.05, 0.1) is 19.6 Å². The predicted molar refractivity (Wildman–Crippen MR) is 61.2 cm³/mol. The van der Waals surface area contributed by atoms with Gasteiger partial charge in [0, 0.05) is 0 Å². The van der Waals surface area contributed by atoms with Crippen LogP contribution in [0, 0.1) is 11.3 Å². The Bertz CT molecular complexity index is 305. The highest BCUT2D eigenvalue weighted by Gasteiger charge is 2.57. The zero-order chi connectivity index (χ0) is 15.3. The number of rotatable bonds is 6. The van der Waals surface area contributed by atoms with Crippen LogP contribution in [0.5, 0.6) is 0 Å². The molecule has 0 saturated heterocycles. The summed E-state index contributed by atoms with van der Waals surface area (Å²) < 4.78 is 47.4. The van der Waals surface area contributed by atoms with Crippen molar-refractivity contribution in [3.05, 3.63) is 0 Å². The van der Waals surface area contributed by atoms with Crippen LogP contribution < -0.4 is 0 Å². The average molecular weight is 284 g/mol. The normalized spacial score (nSPS) is 12.4. The van der Waals surface area contributed by atoms with E-state index in [0.29, 0.717) is 0 Å². The minimum absolute atomic E-state index is 0.107. The van der Waals surface area contributed by atoms with E-state index < -0.39 is 35.9 Å². The number of hydrogen-bond acceptors (Lipinski definition) is 4. The quantitative estimate of drug-likeness (QED) is 0.556. The first kappa shape index (κ1) is 17.7. The summed E-state index contributed by atoms with van der Waals surface area (Å²) >= 11 is 0. The van der Waals surface area contributed by atoms with Gasteiger partial charge in [-0.05, 0) is 19.8 Å². The Morgan fingerprint density at radius 2 is 1.37 bits per heavy atom. The second-order valence-electron chi connectivity index (χ2n) is 4.36. The predicted octanol–water partition coefficient (Wildman–Crippen LogP) is 2.71. The van der Waals surface area contributed by atoms with Gasteiger partial charge in [0.15, 0.2) is 5.41 Å². The number of ether oxygens (including phenoxy) is 2. The summed E-state index contributed by atoms with van der Waals surface area (Å²) in [6, 6.07) is 0. The van der Waals surface area contributed by atoms with E-state index in [9.17, 15) is 22.8 Å². The average Bonchev–Trinajstić information content (AvgIpc) is 2.24. The van der Waals surface area contributed by atoms with E-state index in [1.165, 1.54) is 27.7 Å². The monoisotopic (exact) mass is 284 g/mol. The van der Waals surface area contributed by atoms with Crippen molar-refractivity contribution >= 4 is 11.9 Å². The molecule has 0 aromatic heterocycles. The van der Waals surface area contributed by atoms with Crippen LogP contribution in [0.25, 0.3) is 0 Å². The Morgan fingerprint density at radius 1 is 1.00 bits per heavy atom. The van der Waals surface area contributed by atoms with Gasteiger partial charge in [-0.15, -0.1) is 0 Å². The molecule has 0 unspecified atom stereocenters. The topological polar surface area (TPSA) is 52.6 Å². The van der Waals surface area contributed by atoms with Crippen LogP contribution in [-0.4, -0.2) is 31.3 Å². The minimum atomic E-state index is -4.68. The molecule has 0 aliphatic rings. The van der Waals surface area contributed by atoms with Crippen molar-refractivity contribution in [2.75, 3.05) is 13.2 Å². The highest BCUT2D eigenvalue weighted by atomic mass is 19.4. The molecule has 0 aliphatic carbocycles. The van der Waals surface area contributed by atoms with E-state index in [2.05, 4.69) is 9.47 Å². The minimum Gasteiger partial charge on any atom is -0.465 e. The molecule has 0 heterocycles. The van der Waals surface area contributed by atoms with Crippen molar-refractivity contribution in [1.29, 1.82) is 0 Å². The van der Waals surface area contributed by atoms with Crippen LogP contribution in [-0.2, 0) is 19.1 Å². The molecule has 0 saturated carbocycles. The number of carbonyl (C=O) groups is 2. The van der Waals surface area contributed by atoms with Crippen molar-refractivity contribution in [1.82, 2.24) is 0 Å². The van der Waals surface area contributed by atoms with Gasteiger partial charge in [-0.25, -0.2) is 0 Å². The molecule has 0 aromatic carbocycles. The lowest BCUT2D eigenvalue weighted by Gasteiger charge is -2.33. The molecule has 7 heteroatoms. The molecule has 0 aliphatic heterocycles. The van der Waals surface area contributed by atoms with Crippen LogP contribution >= 0.6 is 0 Å². The molecule has 0 aromatic rings. The maximum absolute atomic E-state index is 12.7. The van der Waals surface area contributed by atoms with Crippen LogP contribution in [0.15, 0.2) is 0 Å². The van der Waals surface area contributed by atoms with Crippen LogP contribution in [0.1, 0.15) is 34.1 Å². The summed E-state index contributed by atoms with van der Waals surface area (Å²) in [6.07, 6.45) is -6.26. The van der Waals surface area contributed by atoms with Crippen molar-refractivity contribution in [3.8, 4) is 0 Å². The number of alkyl halides is 3. The SMILES string of the molecule is CCOC(=O)C(CC(F)(F)F)(C(=O)OCC)C(C)C. The van der Waals surface area contributed by atoms with Gasteiger partial charge in [0.1, 0.15) is 0 Å². The Hall–Kier alpha value is -1.27. The number of hydrogen-bond donors (Lipinski definition) is 0. The molecule has 0 N–H and O–H groups in total. The largest absolute Gasteiger partial charge is 0.465 e. The Labute approximate surface area is 110 Å². The molecule has 19 heavy (non-hydrogen) atoms. The second kappa shape index (κ2) is 6.77.